The highest BCUT2D eigenvalue weighted by Crippen LogP contribution is 2.16. The van der Waals surface area contributed by atoms with E-state index < -0.39 is 4.92 Å². The van der Waals surface area contributed by atoms with E-state index >= 15 is 0 Å². The van der Waals surface area contributed by atoms with Gasteiger partial charge >= 0.3 is 0 Å². The Labute approximate surface area is 117 Å². The summed E-state index contributed by atoms with van der Waals surface area (Å²) < 4.78 is 5.26. The summed E-state index contributed by atoms with van der Waals surface area (Å²) in [6.45, 7) is 8.46. The Kier molecular flexibility index (Phi) is 5.86. The molecule has 108 valence electrons. The fourth-order valence-electron chi connectivity index (χ4n) is 1.59. The van der Waals surface area contributed by atoms with Crippen LogP contribution >= 0.6 is 0 Å². The quantitative estimate of drug-likeness (QED) is 0.359. The first kappa shape index (κ1) is 15.8. The molecule has 6 heteroatoms. The second-order valence-electron chi connectivity index (χ2n) is 4.52. The van der Waals surface area contributed by atoms with Crippen molar-refractivity contribution in [2.45, 2.75) is 13.8 Å². The van der Waals surface area contributed by atoms with Crippen LogP contribution in [0, 0.1) is 17.0 Å². The first-order valence-electron chi connectivity index (χ1n) is 6.17. The number of hydrogen-bond acceptors (Lipinski definition) is 4. The second kappa shape index (κ2) is 7.40. The molecule has 1 amide bonds. The van der Waals surface area contributed by atoms with E-state index in [-0.39, 0.29) is 11.6 Å². The smallest absolute Gasteiger partial charge is 0.269 e. The molecule has 20 heavy (non-hydrogen) atoms. The molecular weight excluding hydrogens is 260 g/mol. The van der Waals surface area contributed by atoms with Gasteiger partial charge in [-0.1, -0.05) is 12.2 Å². The number of hydrogen-bond donors (Lipinski definition) is 1. The minimum Gasteiger partial charge on any atom is -0.375 e. The third-order valence-corrected chi connectivity index (χ3v) is 2.55. The number of benzene rings is 1. The molecule has 0 aliphatic heterocycles. The van der Waals surface area contributed by atoms with Crippen LogP contribution in [0.1, 0.15) is 22.8 Å². The van der Waals surface area contributed by atoms with Gasteiger partial charge in [-0.3, -0.25) is 14.9 Å². The van der Waals surface area contributed by atoms with E-state index in [1.807, 2.05) is 6.92 Å². The molecule has 0 aromatic heterocycles. The van der Waals surface area contributed by atoms with Crippen molar-refractivity contribution < 1.29 is 14.5 Å². The summed E-state index contributed by atoms with van der Waals surface area (Å²) in [5.41, 5.74) is 1.89. The Morgan fingerprint density at radius 1 is 1.50 bits per heavy atom. The predicted octanol–water partition coefficient (Wildman–Crippen LogP) is 2.23. The fourth-order valence-corrected chi connectivity index (χ4v) is 1.59. The highest BCUT2D eigenvalue weighted by Gasteiger charge is 2.12. The van der Waals surface area contributed by atoms with Gasteiger partial charge in [0.15, 0.2) is 0 Å². The van der Waals surface area contributed by atoms with Gasteiger partial charge in [-0.25, -0.2) is 0 Å². The molecule has 1 aromatic rings. The Morgan fingerprint density at radius 3 is 2.75 bits per heavy atom. The van der Waals surface area contributed by atoms with Crippen LogP contribution in [0.3, 0.4) is 0 Å². The summed E-state index contributed by atoms with van der Waals surface area (Å²) in [6.07, 6.45) is 0. The zero-order chi connectivity index (χ0) is 15.1. The summed E-state index contributed by atoms with van der Waals surface area (Å²) in [4.78, 5) is 22.0. The number of non-ortho nitro benzene ring substituents is 1. The Bertz CT molecular complexity index is 526. The third-order valence-electron chi connectivity index (χ3n) is 2.55. The normalized spacial score (nSPS) is 10.1. The van der Waals surface area contributed by atoms with Gasteiger partial charge in [0, 0.05) is 24.2 Å². The predicted molar refractivity (Wildman–Crippen MR) is 75.8 cm³/mol. The van der Waals surface area contributed by atoms with Gasteiger partial charge in [0.05, 0.1) is 18.1 Å². The van der Waals surface area contributed by atoms with Crippen LogP contribution < -0.4 is 5.32 Å². The van der Waals surface area contributed by atoms with Gasteiger partial charge in [0.25, 0.3) is 11.6 Å². The van der Waals surface area contributed by atoms with Gasteiger partial charge in [-0.05, 0) is 25.5 Å². The van der Waals surface area contributed by atoms with Crippen molar-refractivity contribution in [3.05, 3.63) is 51.6 Å². The lowest BCUT2D eigenvalue weighted by Gasteiger charge is -2.08. The molecule has 1 rings (SSSR count). The van der Waals surface area contributed by atoms with Crippen molar-refractivity contribution in [2.75, 3.05) is 19.8 Å². The molecule has 0 saturated heterocycles. The Morgan fingerprint density at radius 2 is 2.20 bits per heavy atom. The largest absolute Gasteiger partial charge is 0.375 e. The van der Waals surface area contributed by atoms with Crippen LogP contribution in [0.4, 0.5) is 5.69 Å². The fraction of sp³-hybridized carbons (Fsp3) is 0.357. The number of carbonyl (C=O) groups is 1. The minimum absolute atomic E-state index is 0.0242. The van der Waals surface area contributed by atoms with Gasteiger partial charge < -0.3 is 10.1 Å². The van der Waals surface area contributed by atoms with Gasteiger partial charge in [0.2, 0.25) is 0 Å². The average molecular weight is 278 g/mol. The third kappa shape index (κ3) is 4.81. The van der Waals surface area contributed by atoms with E-state index in [0.717, 1.165) is 5.57 Å². The number of nitro benzene ring substituents is 1. The molecule has 0 fully saturated rings. The van der Waals surface area contributed by atoms with Gasteiger partial charge in [-0.2, -0.15) is 0 Å². The summed E-state index contributed by atoms with van der Waals surface area (Å²) >= 11 is 0. The number of amides is 1. The standard InChI is InChI=1S/C14H18N2O4/c1-10(2)9-20-7-6-15-14(17)13-5-4-12(16(18)19)8-11(13)3/h4-5,8H,1,6-7,9H2,2-3H3,(H,15,17). The molecule has 0 aliphatic rings. The van der Waals surface area contributed by atoms with Crippen LogP contribution in [0.15, 0.2) is 30.4 Å². The number of nitro groups is 1. The monoisotopic (exact) mass is 278 g/mol. The van der Waals surface area contributed by atoms with Crippen molar-refractivity contribution in [1.29, 1.82) is 0 Å². The molecule has 0 aliphatic carbocycles. The first-order chi connectivity index (χ1) is 9.41. The zero-order valence-corrected chi connectivity index (χ0v) is 11.6. The molecule has 0 atom stereocenters. The number of carbonyl (C=O) groups excluding carboxylic acids is 1. The summed E-state index contributed by atoms with van der Waals surface area (Å²) in [6, 6.07) is 4.16. The maximum absolute atomic E-state index is 11.9. The van der Waals surface area contributed by atoms with E-state index in [1.165, 1.54) is 18.2 Å². The number of nitrogens with zero attached hydrogens (tertiary/aromatic N) is 1. The molecule has 1 N–H and O–H groups in total. The molecule has 6 nitrogen and oxygen atoms in total. The highest BCUT2D eigenvalue weighted by molar-refractivity contribution is 5.95. The van der Waals surface area contributed by atoms with Gasteiger partial charge in [-0.15, -0.1) is 0 Å². The van der Waals surface area contributed by atoms with E-state index in [9.17, 15) is 14.9 Å². The number of rotatable bonds is 7. The average Bonchev–Trinajstić information content (AvgIpc) is 2.37. The molecule has 0 spiro atoms. The topological polar surface area (TPSA) is 81.5 Å². The minimum atomic E-state index is -0.486. The van der Waals surface area contributed by atoms with Crippen molar-refractivity contribution in [3.63, 3.8) is 0 Å². The van der Waals surface area contributed by atoms with Crippen LogP contribution in [0.2, 0.25) is 0 Å². The molecule has 0 bridgehead atoms. The van der Waals surface area contributed by atoms with Crippen LogP contribution in [0.5, 0.6) is 0 Å². The second-order valence-corrected chi connectivity index (χ2v) is 4.52. The van der Waals surface area contributed by atoms with Crippen molar-refractivity contribution >= 4 is 11.6 Å². The lowest BCUT2D eigenvalue weighted by atomic mass is 10.1. The summed E-state index contributed by atoms with van der Waals surface area (Å²) in [5, 5.41) is 13.3. The van der Waals surface area contributed by atoms with Crippen LogP contribution in [-0.2, 0) is 4.74 Å². The van der Waals surface area contributed by atoms with Crippen LogP contribution in [0.25, 0.3) is 0 Å². The number of nitrogens with one attached hydrogen (secondary N) is 1. The molecule has 0 radical (unpaired) electrons. The van der Waals surface area contributed by atoms with E-state index in [1.54, 1.807) is 6.92 Å². The lowest BCUT2D eigenvalue weighted by Crippen LogP contribution is -2.28. The maximum Gasteiger partial charge on any atom is 0.269 e. The van der Waals surface area contributed by atoms with E-state index in [4.69, 9.17) is 4.74 Å². The summed E-state index contributed by atoms with van der Waals surface area (Å²) in [5.74, 6) is -0.267. The molecule has 0 heterocycles. The van der Waals surface area contributed by atoms with E-state index in [0.29, 0.717) is 30.9 Å². The summed E-state index contributed by atoms with van der Waals surface area (Å²) in [7, 11) is 0. The van der Waals surface area contributed by atoms with Gasteiger partial charge in [0.1, 0.15) is 0 Å². The molecule has 0 unspecified atom stereocenters. The van der Waals surface area contributed by atoms with Crippen LogP contribution in [-0.4, -0.2) is 30.6 Å². The molecular formula is C14H18N2O4. The van der Waals surface area contributed by atoms with E-state index in [2.05, 4.69) is 11.9 Å². The lowest BCUT2D eigenvalue weighted by molar-refractivity contribution is -0.384. The Hall–Kier alpha value is -2.21. The van der Waals surface area contributed by atoms with Crippen molar-refractivity contribution in [1.82, 2.24) is 5.32 Å². The van der Waals surface area contributed by atoms with Crippen molar-refractivity contribution in [3.8, 4) is 0 Å². The molecule has 1 aromatic carbocycles. The SMILES string of the molecule is C=C(C)COCCNC(=O)c1ccc([N+](=O)[O-])cc1C. The maximum atomic E-state index is 11.9. The van der Waals surface area contributed by atoms with Crippen molar-refractivity contribution in [2.24, 2.45) is 0 Å². The Balaban J connectivity index is 2.51. The number of aryl methyl sites for hydroxylation is 1. The zero-order valence-electron chi connectivity index (χ0n) is 11.6. The molecule has 0 saturated carbocycles. The first-order valence-corrected chi connectivity index (χ1v) is 6.17. The number of ether oxygens (including phenoxy) is 1. The highest BCUT2D eigenvalue weighted by atomic mass is 16.6.